The Balaban J connectivity index is 2.66. The summed E-state index contributed by atoms with van der Waals surface area (Å²) in [6, 6.07) is 3.38. The van der Waals surface area contributed by atoms with E-state index in [4.69, 9.17) is 6.42 Å². The zero-order chi connectivity index (χ0) is 12.0. The van der Waals surface area contributed by atoms with E-state index in [1.54, 1.807) is 0 Å². The maximum Gasteiger partial charge on any atom is 0.274 e. The molecule has 0 atom stereocenters. The third-order valence-corrected chi connectivity index (χ3v) is 1.92. The number of benzene rings is 1. The molecule has 0 aromatic heterocycles. The Kier molecular flexibility index (Phi) is 4.28. The molecule has 1 N–H and O–H groups in total. The average Bonchev–Trinajstić information content (AvgIpc) is 2.23. The Hall–Kier alpha value is -2.09. The Bertz CT molecular complexity index is 426. The number of non-ortho nitro benzene ring substituents is 1. The monoisotopic (exact) mass is 222 g/mol. The van der Waals surface area contributed by atoms with Gasteiger partial charge in [-0.15, -0.1) is 12.3 Å². The molecule has 0 aliphatic rings. The van der Waals surface area contributed by atoms with Gasteiger partial charge in [-0.1, -0.05) is 0 Å². The number of rotatable bonds is 5. The number of hydrogen-bond donors (Lipinski definition) is 1. The molecular formula is C11H11FN2O2. The van der Waals surface area contributed by atoms with Crippen molar-refractivity contribution in [3.63, 3.8) is 0 Å². The average molecular weight is 222 g/mol. The van der Waals surface area contributed by atoms with Gasteiger partial charge in [0.15, 0.2) is 0 Å². The number of anilines is 1. The highest BCUT2D eigenvalue weighted by Gasteiger charge is 2.09. The van der Waals surface area contributed by atoms with Crippen LogP contribution >= 0.6 is 0 Å². The number of nitro benzene ring substituents is 1. The lowest BCUT2D eigenvalue weighted by molar-refractivity contribution is -0.385. The Labute approximate surface area is 92.6 Å². The summed E-state index contributed by atoms with van der Waals surface area (Å²) in [6.07, 6.45) is 6.42. The molecule has 5 heteroatoms. The zero-order valence-corrected chi connectivity index (χ0v) is 8.57. The van der Waals surface area contributed by atoms with Gasteiger partial charge < -0.3 is 5.32 Å². The van der Waals surface area contributed by atoms with Crippen LogP contribution in [0, 0.1) is 28.3 Å². The van der Waals surface area contributed by atoms with Gasteiger partial charge in [0, 0.05) is 24.7 Å². The van der Waals surface area contributed by atoms with Gasteiger partial charge in [0.05, 0.1) is 11.0 Å². The van der Waals surface area contributed by atoms with Crippen molar-refractivity contribution >= 4 is 11.4 Å². The molecule has 4 nitrogen and oxygen atoms in total. The minimum absolute atomic E-state index is 0.264. The van der Waals surface area contributed by atoms with Crippen LogP contribution in [0.2, 0.25) is 0 Å². The first-order chi connectivity index (χ1) is 7.63. The summed E-state index contributed by atoms with van der Waals surface area (Å²) in [6.45, 7) is 0.560. The minimum Gasteiger partial charge on any atom is -0.385 e. The fourth-order valence-electron chi connectivity index (χ4n) is 1.20. The van der Waals surface area contributed by atoms with Crippen LogP contribution in [0.4, 0.5) is 15.8 Å². The van der Waals surface area contributed by atoms with Crippen molar-refractivity contribution in [1.29, 1.82) is 0 Å². The molecule has 0 aliphatic heterocycles. The highest BCUT2D eigenvalue weighted by Crippen LogP contribution is 2.19. The maximum atomic E-state index is 13.0. The quantitative estimate of drug-likeness (QED) is 0.360. The molecule has 1 rings (SSSR count). The zero-order valence-electron chi connectivity index (χ0n) is 8.57. The van der Waals surface area contributed by atoms with Crippen LogP contribution in [0.3, 0.4) is 0 Å². The van der Waals surface area contributed by atoms with Crippen molar-refractivity contribution < 1.29 is 9.31 Å². The summed E-state index contributed by atoms with van der Waals surface area (Å²) in [4.78, 5) is 9.84. The number of hydrogen-bond acceptors (Lipinski definition) is 3. The molecular weight excluding hydrogens is 211 g/mol. The largest absolute Gasteiger partial charge is 0.385 e. The number of nitro groups is 1. The van der Waals surface area contributed by atoms with Gasteiger partial charge in [0.25, 0.3) is 5.69 Å². The van der Waals surface area contributed by atoms with Crippen molar-refractivity contribution in [1.82, 2.24) is 0 Å². The van der Waals surface area contributed by atoms with E-state index in [1.807, 2.05) is 0 Å². The van der Waals surface area contributed by atoms with Crippen molar-refractivity contribution in [2.45, 2.75) is 12.8 Å². The van der Waals surface area contributed by atoms with Gasteiger partial charge in [-0.3, -0.25) is 10.1 Å². The second-order valence-electron chi connectivity index (χ2n) is 3.19. The minimum atomic E-state index is -0.631. The predicted molar refractivity (Wildman–Crippen MR) is 59.6 cm³/mol. The van der Waals surface area contributed by atoms with Crippen molar-refractivity contribution in [3.05, 3.63) is 34.1 Å². The maximum absolute atomic E-state index is 13.0. The van der Waals surface area contributed by atoms with E-state index < -0.39 is 10.7 Å². The molecule has 0 aliphatic carbocycles. The molecule has 0 amide bonds. The predicted octanol–water partition coefficient (Wildman–Crippen LogP) is 2.56. The lowest BCUT2D eigenvalue weighted by atomic mass is 10.2. The summed E-state index contributed by atoms with van der Waals surface area (Å²) in [5.41, 5.74) is 0.128. The van der Waals surface area contributed by atoms with E-state index in [2.05, 4.69) is 11.2 Å². The third kappa shape index (κ3) is 3.58. The van der Waals surface area contributed by atoms with Crippen molar-refractivity contribution in [2.75, 3.05) is 11.9 Å². The van der Waals surface area contributed by atoms with E-state index in [9.17, 15) is 14.5 Å². The van der Waals surface area contributed by atoms with Crippen molar-refractivity contribution in [2.24, 2.45) is 0 Å². The first kappa shape index (κ1) is 12.0. The molecule has 0 heterocycles. The highest BCUT2D eigenvalue weighted by atomic mass is 19.1. The topological polar surface area (TPSA) is 55.2 Å². The molecule has 0 bridgehead atoms. The molecule has 0 saturated carbocycles. The van der Waals surface area contributed by atoms with Gasteiger partial charge in [0.1, 0.15) is 5.82 Å². The fraction of sp³-hybridized carbons (Fsp3) is 0.273. The summed E-state index contributed by atoms with van der Waals surface area (Å²) < 4.78 is 13.0. The first-order valence-corrected chi connectivity index (χ1v) is 4.76. The molecule has 0 saturated heterocycles. The molecule has 0 spiro atoms. The van der Waals surface area contributed by atoms with Gasteiger partial charge in [-0.2, -0.15) is 0 Å². The lowest BCUT2D eigenvalue weighted by Crippen LogP contribution is -2.02. The standard InChI is InChI=1S/C11H11FN2O2/c1-2-3-4-5-13-10-6-9(12)7-11(8-10)14(15)16/h1,6-8,13H,3-5H2. The van der Waals surface area contributed by atoms with Crippen LogP contribution in [-0.2, 0) is 0 Å². The number of unbranched alkanes of at least 4 members (excludes halogenated alkanes) is 1. The summed E-state index contributed by atoms with van der Waals surface area (Å²) >= 11 is 0. The SMILES string of the molecule is C#CCCCNc1cc(F)cc([N+](=O)[O-])c1. The smallest absolute Gasteiger partial charge is 0.274 e. The van der Waals surface area contributed by atoms with E-state index in [0.717, 1.165) is 12.5 Å². The van der Waals surface area contributed by atoms with Crippen LogP contribution in [0.25, 0.3) is 0 Å². The number of nitrogens with one attached hydrogen (secondary N) is 1. The Morgan fingerprint density at radius 3 is 2.88 bits per heavy atom. The van der Waals surface area contributed by atoms with Gasteiger partial charge in [0.2, 0.25) is 0 Å². The molecule has 1 aromatic carbocycles. The van der Waals surface area contributed by atoms with Crippen LogP contribution in [0.1, 0.15) is 12.8 Å². The van der Waals surface area contributed by atoms with E-state index in [0.29, 0.717) is 18.7 Å². The molecule has 16 heavy (non-hydrogen) atoms. The second-order valence-corrected chi connectivity index (χ2v) is 3.19. The lowest BCUT2D eigenvalue weighted by Gasteiger charge is -2.04. The Morgan fingerprint density at radius 1 is 1.50 bits per heavy atom. The molecule has 0 radical (unpaired) electrons. The van der Waals surface area contributed by atoms with E-state index in [1.165, 1.54) is 12.1 Å². The van der Waals surface area contributed by atoms with Gasteiger partial charge >= 0.3 is 0 Å². The number of nitrogens with zero attached hydrogens (tertiary/aromatic N) is 1. The first-order valence-electron chi connectivity index (χ1n) is 4.76. The normalized spacial score (nSPS) is 9.50. The number of halogens is 1. The summed E-state index contributed by atoms with van der Waals surface area (Å²) in [5, 5.41) is 13.3. The third-order valence-electron chi connectivity index (χ3n) is 1.92. The number of terminal acetylenes is 1. The molecule has 0 fully saturated rings. The van der Waals surface area contributed by atoms with Crippen LogP contribution in [0.15, 0.2) is 18.2 Å². The second kappa shape index (κ2) is 5.71. The van der Waals surface area contributed by atoms with Crippen LogP contribution in [0.5, 0.6) is 0 Å². The fourth-order valence-corrected chi connectivity index (χ4v) is 1.20. The van der Waals surface area contributed by atoms with Crippen LogP contribution < -0.4 is 5.32 Å². The summed E-state index contributed by atoms with van der Waals surface area (Å²) in [7, 11) is 0. The van der Waals surface area contributed by atoms with Gasteiger partial charge in [-0.25, -0.2) is 4.39 Å². The van der Waals surface area contributed by atoms with E-state index >= 15 is 0 Å². The van der Waals surface area contributed by atoms with Crippen LogP contribution in [-0.4, -0.2) is 11.5 Å². The molecule has 0 unspecified atom stereocenters. The van der Waals surface area contributed by atoms with Crippen molar-refractivity contribution in [3.8, 4) is 12.3 Å². The van der Waals surface area contributed by atoms with Gasteiger partial charge in [-0.05, 0) is 12.5 Å². The molecule has 84 valence electrons. The summed E-state index contributed by atoms with van der Waals surface area (Å²) in [5.74, 6) is 1.84. The highest BCUT2D eigenvalue weighted by molar-refractivity contribution is 5.51. The Morgan fingerprint density at radius 2 is 2.25 bits per heavy atom. The van der Waals surface area contributed by atoms with E-state index in [-0.39, 0.29) is 5.69 Å². The molecule has 1 aromatic rings.